The molecule has 22 heavy (non-hydrogen) atoms. The van der Waals surface area contributed by atoms with E-state index >= 15 is 0 Å². The predicted molar refractivity (Wildman–Crippen MR) is 81.0 cm³/mol. The van der Waals surface area contributed by atoms with E-state index in [0.717, 1.165) is 38.4 Å². The first-order valence-corrected chi connectivity index (χ1v) is 8.76. The van der Waals surface area contributed by atoms with Gasteiger partial charge in [-0.3, -0.25) is 9.59 Å². The van der Waals surface area contributed by atoms with Gasteiger partial charge in [-0.2, -0.15) is 0 Å². The molecule has 2 saturated heterocycles. The average Bonchev–Trinajstić information content (AvgIpc) is 3.44. The van der Waals surface area contributed by atoms with Gasteiger partial charge in [-0.25, -0.2) is 0 Å². The molecule has 2 aliphatic heterocycles. The van der Waals surface area contributed by atoms with Gasteiger partial charge in [0.25, 0.3) is 0 Å². The Balaban J connectivity index is 1.27. The molecular weight excluding hydrogens is 280 g/mol. The van der Waals surface area contributed by atoms with Gasteiger partial charge >= 0.3 is 0 Å². The molecule has 0 aromatic carbocycles. The van der Waals surface area contributed by atoms with Crippen molar-refractivity contribution in [2.24, 2.45) is 29.6 Å². The molecule has 0 aromatic heterocycles. The van der Waals surface area contributed by atoms with Crippen LogP contribution in [0.1, 0.15) is 25.7 Å². The molecular formula is C17H26N2O3. The predicted octanol–water partition coefficient (Wildman–Crippen LogP) is 0.986. The maximum absolute atomic E-state index is 12.5. The third kappa shape index (κ3) is 2.64. The fourth-order valence-corrected chi connectivity index (χ4v) is 4.31. The summed E-state index contributed by atoms with van der Waals surface area (Å²) >= 11 is 0. The van der Waals surface area contributed by atoms with Gasteiger partial charge in [0.15, 0.2) is 0 Å². The average molecular weight is 306 g/mol. The van der Waals surface area contributed by atoms with E-state index in [1.54, 1.807) is 0 Å². The maximum Gasteiger partial charge on any atom is 0.226 e. The number of piperidine rings is 1. The molecule has 0 aromatic rings. The number of amides is 2. The van der Waals surface area contributed by atoms with Crippen LogP contribution in [-0.2, 0) is 14.3 Å². The minimum absolute atomic E-state index is 0.151. The topological polar surface area (TPSA) is 49.9 Å². The van der Waals surface area contributed by atoms with Crippen LogP contribution in [0.5, 0.6) is 0 Å². The molecule has 2 saturated carbocycles. The molecule has 0 bridgehead atoms. The summed E-state index contributed by atoms with van der Waals surface area (Å²) in [7, 11) is 1.94. The summed E-state index contributed by atoms with van der Waals surface area (Å²) in [5, 5.41) is 0. The lowest BCUT2D eigenvalue weighted by atomic mass is 9.98. The van der Waals surface area contributed by atoms with Crippen LogP contribution in [-0.4, -0.2) is 61.5 Å². The van der Waals surface area contributed by atoms with Crippen LogP contribution in [0.3, 0.4) is 0 Å². The van der Waals surface area contributed by atoms with Crippen LogP contribution in [0.15, 0.2) is 0 Å². The molecule has 4 aliphatic rings. The van der Waals surface area contributed by atoms with Crippen molar-refractivity contribution in [2.45, 2.75) is 25.7 Å². The zero-order valence-corrected chi connectivity index (χ0v) is 13.4. The van der Waals surface area contributed by atoms with Crippen molar-refractivity contribution in [1.29, 1.82) is 0 Å². The van der Waals surface area contributed by atoms with Crippen molar-refractivity contribution < 1.29 is 14.3 Å². The zero-order valence-electron chi connectivity index (χ0n) is 13.4. The van der Waals surface area contributed by atoms with Gasteiger partial charge in [0, 0.05) is 51.7 Å². The van der Waals surface area contributed by atoms with E-state index in [2.05, 4.69) is 0 Å². The number of likely N-dealkylation sites (tertiary alicyclic amines) is 1. The molecule has 0 radical (unpaired) electrons. The van der Waals surface area contributed by atoms with Crippen molar-refractivity contribution in [1.82, 2.24) is 9.80 Å². The van der Waals surface area contributed by atoms with Crippen LogP contribution in [0.2, 0.25) is 0 Å². The third-order valence-corrected chi connectivity index (χ3v) is 5.97. The summed E-state index contributed by atoms with van der Waals surface area (Å²) in [6.45, 7) is 3.96. The number of hydrogen-bond donors (Lipinski definition) is 0. The molecule has 122 valence electrons. The summed E-state index contributed by atoms with van der Waals surface area (Å²) < 4.78 is 5.33. The molecule has 0 unspecified atom stereocenters. The highest BCUT2D eigenvalue weighted by Gasteiger charge is 2.61. The Morgan fingerprint density at radius 3 is 2.32 bits per heavy atom. The molecule has 0 N–H and O–H groups in total. The first-order valence-electron chi connectivity index (χ1n) is 8.76. The SMILES string of the molecule is CN(CC1CC1)C(=O)C1[C@H]2CN(C(=O)C3CCOCC3)C[C@H]12. The first-order chi connectivity index (χ1) is 10.6. The molecule has 4 rings (SSSR count). The number of nitrogens with zero attached hydrogens (tertiary/aromatic N) is 2. The minimum atomic E-state index is 0.151. The van der Waals surface area contributed by atoms with Crippen LogP contribution >= 0.6 is 0 Å². The Labute approximate surface area is 132 Å². The Morgan fingerprint density at radius 1 is 1.09 bits per heavy atom. The highest BCUT2D eigenvalue weighted by Crippen LogP contribution is 2.53. The Hall–Kier alpha value is -1.10. The fraction of sp³-hybridized carbons (Fsp3) is 0.882. The summed E-state index contributed by atoms with van der Waals surface area (Å²) in [5.74, 6) is 2.57. The van der Waals surface area contributed by atoms with E-state index in [-0.39, 0.29) is 11.8 Å². The lowest BCUT2D eigenvalue weighted by Crippen LogP contribution is -2.40. The van der Waals surface area contributed by atoms with Crippen molar-refractivity contribution in [3.63, 3.8) is 0 Å². The van der Waals surface area contributed by atoms with E-state index in [9.17, 15) is 9.59 Å². The summed E-state index contributed by atoms with van der Waals surface area (Å²) in [6, 6.07) is 0. The minimum Gasteiger partial charge on any atom is -0.381 e. The number of ether oxygens (including phenoxy) is 1. The van der Waals surface area contributed by atoms with E-state index in [1.165, 1.54) is 12.8 Å². The third-order valence-electron chi connectivity index (χ3n) is 5.97. The van der Waals surface area contributed by atoms with Crippen molar-refractivity contribution in [3.8, 4) is 0 Å². The van der Waals surface area contributed by atoms with E-state index < -0.39 is 0 Å². The van der Waals surface area contributed by atoms with Crippen molar-refractivity contribution in [2.75, 3.05) is 39.9 Å². The van der Waals surface area contributed by atoms with Gasteiger partial charge in [-0.1, -0.05) is 0 Å². The molecule has 2 aliphatic carbocycles. The fourth-order valence-electron chi connectivity index (χ4n) is 4.31. The van der Waals surface area contributed by atoms with Crippen molar-refractivity contribution >= 4 is 11.8 Å². The van der Waals surface area contributed by atoms with Crippen LogP contribution < -0.4 is 0 Å². The van der Waals surface area contributed by atoms with Gasteiger partial charge in [0.2, 0.25) is 11.8 Å². The molecule has 4 fully saturated rings. The summed E-state index contributed by atoms with van der Waals surface area (Å²) in [5.41, 5.74) is 0. The Bertz CT molecular complexity index is 459. The normalized spacial score (nSPS) is 34.4. The second-order valence-corrected chi connectivity index (χ2v) is 7.65. The van der Waals surface area contributed by atoms with E-state index in [0.29, 0.717) is 36.9 Å². The number of carbonyl (C=O) groups excluding carboxylic acids is 2. The smallest absolute Gasteiger partial charge is 0.226 e. The van der Waals surface area contributed by atoms with Gasteiger partial charge in [0.1, 0.15) is 0 Å². The second kappa shape index (κ2) is 5.52. The van der Waals surface area contributed by atoms with Gasteiger partial charge in [-0.15, -0.1) is 0 Å². The van der Waals surface area contributed by atoms with E-state index in [4.69, 9.17) is 4.74 Å². The number of rotatable bonds is 4. The highest BCUT2D eigenvalue weighted by atomic mass is 16.5. The van der Waals surface area contributed by atoms with Crippen LogP contribution in [0.4, 0.5) is 0 Å². The molecule has 2 atom stereocenters. The zero-order chi connectivity index (χ0) is 15.3. The number of carbonyl (C=O) groups is 2. The van der Waals surface area contributed by atoms with Gasteiger partial charge < -0.3 is 14.5 Å². The standard InChI is InChI=1S/C17H26N2O3/c1-18(8-11-2-3-11)17(21)15-13-9-19(10-14(13)15)16(20)12-4-6-22-7-5-12/h11-15H,2-10H2,1H3/t13-,14-/m0/s1. The maximum atomic E-state index is 12.5. The van der Waals surface area contributed by atoms with Gasteiger partial charge in [0.05, 0.1) is 0 Å². The first kappa shape index (κ1) is 14.5. The van der Waals surface area contributed by atoms with Crippen LogP contribution in [0.25, 0.3) is 0 Å². The molecule has 5 nitrogen and oxygen atoms in total. The largest absolute Gasteiger partial charge is 0.381 e. The summed E-state index contributed by atoms with van der Waals surface area (Å²) in [4.78, 5) is 28.9. The second-order valence-electron chi connectivity index (χ2n) is 7.65. The van der Waals surface area contributed by atoms with E-state index in [1.807, 2.05) is 16.8 Å². The van der Waals surface area contributed by atoms with Crippen molar-refractivity contribution in [3.05, 3.63) is 0 Å². The summed E-state index contributed by atoms with van der Waals surface area (Å²) in [6.07, 6.45) is 4.28. The monoisotopic (exact) mass is 306 g/mol. The molecule has 2 amide bonds. The lowest BCUT2D eigenvalue weighted by molar-refractivity contribution is -0.139. The Morgan fingerprint density at radius 2 is 1.73 bits per heavy atom. The molecule has 0 spiro atoms. The molecule has 5 heteroatoms. The molecule has 2 heterocycles. The number of fused-ring (bicyclic) bond motifs is 1. The van der Waals surface area contributed by atoms with Gasteiger partial charge in [-0.05, 0) is 43.4 Å². The highest BCUT2D eigenvalue weighted by molar-refractivity contribution is 5.84. The van der Waals surface area contributed by atoms with Crippen LogP contribution in [0, 0.1) is 29.6 Å². The number of hydrogen-bond acceptors (Lipinski definition) is 3. The quantitative estimate of drug-likeness (QED) is 0.778. The Kier molecular flexibility index (Phi) is 3.63. The lowest BCUT2D eigenvalue weighted by Gasteiger charge is -2.28.